The van der Waals surface area contributed by atoms with E-state index < -0.39 is 6.04 Å². The number of carbonyl (C=O) groups excluding carboxylic acids is 2. The Kier molecular flexibility index (Phi) is 5.12. The Morgan fingerprint density at radius 1 is 1.19 bits per heavy atom. The van der Waals surface area contributed by atoms with Gasteiger partial charge in [-0.05, 0) is 25.0 Å². The van der Waals surface area contributed by atoms with Crippen LogP contribution in [0.3, 0.4) is 0 Å². The lowest BCUT2D eigenvalue weighted by Crippen LogP contribution is -2.45. The molecule has 2 unspecified atom stereocenters. The number of nitrogens with one attached hydrogen (secondary N) is 1. The Balaban J connectivity index is 2.08. The normalized spacial score (nSPS) is 20.4. The molecule has 1 aromatic carbocycles. The highest BCUT2D eigenvalue weighted by atomic mass is 16.2. The summed E-state index contributed by atoms with van der Waals surface area (Å²) >= 11 is 0. The standard InChI is InChI=1S/C17H24N2O2/c1-4-13(5-2)12(3)18-15-11-16(20)19(17(15)21)14-9-7-6-8-10-14/h6-10,12-13,15,18H,4-5,11H2,1-3H3. The molecule has 1 saturated heterocycles. The molecular formula is C17H24N2O2. The van der Waals surface area contributed by atoms with Gasteiger partial charge in [-0.2, -0.15) is 0 Å². The van der Waals surface area contributed by atoms with E-state index in [9.17, 15) is 9.59 Å². The maximum absolute atomic E-state index is 12.5. The van der Waals surface area contributed by atoms with Gasteiger partial charge in [-0.25, -0.2) is 4.90 Å². The molecule has 0 aromatic heterocycles. The van der Waals surface area contributed by atoms with E-state index in [1.54, 1.807) is 12.1 Å². The van der Waals surface area contributed by atoms with Gasteiger partial charge < -0.3 is 5.32 Å². The van der Waals surface area contributed by atoms with Crippen LogP contribution in [0, 0.1) is 5.92 Å². The van der Waals surface area contributed by atoms with Gasteiger partial charge in [-0.1, -0.05) is 44.9 Å². The SMILES string of the molecule is CCC(CC)C(C)NC1CC(=O)N(c2ccccc2)C1=O. The molecule has 0 radical (unpaired) electrons. The van der Waals surface area contributed by atoms with Gasteiger partial charge in [0.1, 0.15) is 0 Å². The number of nitrogens with zero attached hydrogens (tertiary/aromatic N) is 1. The molecule has 114 valence electrons. The molecular weight excluding hydrogens is 264 g/mol. The van der Waals surface area contributed by atoms with Crippen molar-refractivity contribution < 1.29 is 9.59 Å². The Morgan fingerprint density at radius 3 is 2.38 bits per heavy atom. The zero-order valence-electron chi connectivity index (χ0n) is 13.0. The molecule has 1 fully saturated rings. The van der Waals surface area contributed by atoms with Crippen LogP contribution in [0.1, 0.15) is 40.0 Å². The third kappa shape index (κ3) is 3.32. The number of hydrogen-bond donors (Lipinski definition) is 1. The molecule has 1 aliphatic heterocycles. The van der Waals surface area contributed by atoms with Crippen LogP contribution in [0.4, 0.5) is 5.69 Å². The number of benzene rings is 1. The van der Waals surface area contributed by atoms with Crippen LogP contribution < -0.4 is 10.2 Å². The van der Waals surface area contributed by atoms with Crippen LogP contribution in [0.5, 0.6) is 0 Å². The van der Waals surface area contributed by atoms with E-state index >= 15 is 0 Å². The molecule has 1 heterocycles. The maximum atomic E-state index is 12.5. The Labute approximate surface area is 126 Å². The van der Waals surface area contributed by atoms with Crippen LogP contribution in [0.15, 0.2) is 30.3 Å². The highest BCUT2D eigenvalue weighted by Gasteiger charge is 2.40. The summed E-state index contributed by atoms with van der Waals surface area (Å²) in [5, 5.41) is 3.35. The van der Waals surface area contributed by atoms with E-state index in [1.165, 1.54) is 4.90 Å². The summed E-state index contributed by atoms with van der Waals surface area (Å²) in [6.07, 6.45) is 2.39. The lowest BCUT2D eigenvalue weighted by molar-refractivity contribution is -0.121. The van der Waals surface area contributed by atoms with Crippen molar-refractivity contribution in [3.63, 3.8) is 0 Å². The van der Waals surface area contributed by atoms with Crippen LogP contribution in [0.25, 0.3) is 0 Å². The van der Waals surface area contributed by atoms with Gasteiger partial charge >= 0.3 is 0 Å². The maximum Gasteiger partial charge on any atom is 0.251 e. The number of imide groups is 1. The van der Waals surface area contributed by atoms with Crippen LogP contribution in [-0.2, 0) is 9.59 Å². The second-order valence-corrected chi connectivity index (χ2v) is 5.69. The van der Waals surface area contributed by atoms with Crippen molar-refractivity contribution in [3.8, 4) is 0 Å². The second-order valence-electron chi connectivity index (χ2n) is 5.69. The topological polar surface area (TPSA) is 49.4 Å². The number of rotatable bonds is 6. The first-order chi connectivity index (χ1) is 10.1. The average Bonchev–Trinajstić information content (AvgIpc) is 2.75. The first-order valence-electron chi connectivity index (χ1n) is 7.76. The molecule has 1 aliphatic rings. The van der Waals surface area contributed by atoms with Crippen molar-refractivity contribution in [3.05, 3.63) is 30.3 Å². The summed E-state index contributed by atoms with van der Waals surface area (Å²) in [6.45, 7) is 6.41. The number of amides is 2. The fourth-order valence-electron chi connectivity index (χ4n) is 3.06. The molecule has 1 N–H and O–H groups in total. The summed E-state index contributed by atoms with van der Waals surface area (Å²) in [7, 11) is 0. The number of carbonyl (C=O) groups is 2. The van der Waals surface area contributed by atoms with Crippen molar-refractivity contribution in [2.45, 2.75) is 52.1 Å². The summed E-state index contributed by atoms with van der Waals surface area (Å²) in [4.78, 5) is 25.9. The van der Waals surface area contributed by atoms with Crippen molar-refractivity contribution in [1.29, 1.82) is 0 Å². The largest absolute Gasteiger partial charge is 0.303 e. The predicted molar refractivity (Wildman–Crippen MR) is 84.0 cm³/mol. The monoisotopic (exact) mass is 288 g/mol. The molecule has 0 saturated carbocycles. The fraction of sp³-hybridized carbons (Fsp3) is 0.529. The Bertz CT molecular complexity index is 497. The third-order valence-electron chi connectivity index (χ3n) is 4.38. The van der Waals surface area contributed by atoms with E-state index in [4.69, 9.17) is 0 Å². The third-order valence-corrected chi connectivity index (χ3v) is 4.38. The van der Waals surface area contributed by atoms with Gasteiger partial charge in [-0.3, -0.25) is 9.59 Å². The molecule has 4 heteroatoms. The van der Waals surface area contributed by atoms with Crippen LogP contribution >= 0.6 is 0 Å². The zero-order valence-corrected chi connectivity index (χ0v) is 13.0. The van der Waals surface area contributed by atoms with E-state index in [-0.39, 0.29) is 24.3 Å². The van der Waals surface area contributed by atoms with Gasteiger partial charge in [-0.15, -0.1) is 0 Å². The number of para-hydroxylation sites is 1. The smallest absolute Gasteiger partial charge is 0.251 e. The zero-order chi connectivity index (χ0) is 15.4. The van der Waals surface area contributed by atoms with Gasteiger partial charge in [0.05, 0.1) is 18.2 Å². The summed E-state index contributed by atoms with van der Waals surface area (Å²) in [6, 6.07) is 8.97. The quantitative estimate of drug-likeness (QED) is 0.819. The van der Waals surface area contributed by atoms with E-state index in [1.807, 2.05) is 18.2 Å². The molecule has 4 nitrogen and oxygen atoms in total. The van der Waals surface area contributed by atoms with Crippen LogP contribution in [-0.4, -0.2) is 23.9 Å². The summed E-state index contributed by atoms with van der Waals surface area (Å²) < 4.78 is 0. The van der Waals surface area contributed by atoms with Gasteiger partial charge in [0.15, 0.2) is 0 Å². The molecule has 0 aliphatic carbocycles. The first kappa shape index (κ1) is 15.7. The van der Waals surface area contributed by atoms with Crippen molar-refractivity contribution >= 4 is 17.5 Å². The highest BCUT2D eigenvalue weighted by molar-refractivity contribution is 6.22. The first-order valence-corrected chi connectivity index (χ1v) is 7.76. The molecule has 0 bridgehead atoms. The average molecular weight is 288 g/mol. The van der Waals surface area contributed by atoms with Crippen molar-refractivity contribution in [2.24, 2.45) is 5.92 Å². The highest BCUT2D eigenvalue weighted by Crippen LogP contribution is 2.23. The van der Waals surface area contributed by atoms with E-state index in [0.29, 0.717) is 11.6 Å². The molecule has 2 rings (SSSR count). The predicted octanol–water partition coefficient (Wildman–Crippen LogP) is 2.73. The lowest BCUT2D eigenvalue weighted by Gasteiger charge is -2.25. The Morgan fingerprint density at radius 2 is 1.81 bits per heavy atom. The molecule has 2 amide bonds. The van der Waals surface area contributed by atoms with Crippen LogP contribution in [0.2, 0.25) is 0 Å². The van der Waals surface area contributed by atoms with E-state index in [0.717, 1.165) is 12.8 Å². The lowest BCUT2D eigenvalue weighted by atomic mass is 9.95. The van der Waals surface area contributed by atoms with E-state index in [2.05, 4.69) is 26.1 Å². The second kappa shape index (κ2) is 6.85. The minimum Gasteiger partial charge on any atom is -0.303 e. The molecule has 2 atom stereocenters. The number of hydrogen-bond acceptors (Lipinski definition) is 3. The molecule has 0 spiro atoms. The fourth-order valence-corrected chi connectivity index (χ4v) is 3.06. The number of anilines is 1. The minimum absolute atomic E-state index is 0.125. The Hall–Kier alpha value is -1.68. The van der Waals surface area contributed by atoms with Crippen molar-refractivity contribution in [1.82, 2.24) is 5.32 Å². The molecule has 21 heavy (non-hydrogen) atoms. The summed E-state index contributed by atoms with van der Waals surface area (Å²) in [5.74, 6) is 0.267. The van der Waals surface area contributed by atoms with Gasteiger partial charge in [0.2, 0.25) is 5.91 Å². The molecule has 1 aromatic rings. The summed E-state index contributed by atoms with van der Waals surface area (Å²) in [5.41, 5.74) is 0.659. The minimum atomic E-state index is -0.395. The van der Waals surface area contributed by atoms with Crippen molar-refractivity contribution in [2.75, 3.05) is 4.90 Å². The van der Waals surface area contributed by atoms with Gasteiger partial charge in [0, 0.05) is 6.04 Å². The van der Waals surface area contributed by atoms with Gasteiger partial charge in [0.25, 0.3) is 5.91 Å².